The van der Waals surface area contributed by atoms with Crippen LogP contribution in [0.1, 0.15) is 65.7 Å². The molecule has 3 saturated carbocycles. The summed E-state index contributed by atoms with van der Waals surface area (Å²) in [6.07, 6.45) is 13.0. The van der Waals surface area contributed by atoms with Gasteiger partial charge in [-0.3, -0.25) is 0 Å². The predicted octanol–water partition coefficient (Wildman–Crippen LogP) is 5.41. The van der Waals surface area contributed by atoms with Crippen molar-refractivity contribution in [3.8, 4) is 0 Å². The van der Waals surface area contributed by atoms with Crippen molar-refractivity contribution in [1.82, 2.24) is 0 Å². The van der Waals surface area contributed by atoms with Gasteiger partial charge in [0.2, 0.25) is 0 Å². The Morgan fingerprint density at radius 3 is 2.70 bits per heavy atom. The molecule has 0 amide bonds. The van der Waals surface area contributed by atoms with Crippen molar-refractivity contribution in [3.05, 3.63) is 12.2 Å². The lowest BCUT2D eigenvalue weighted by atomic mass is 9.44. The SMILES string of the molecule is CC[C@H]1CC[C@H]2[C@H]3[C@H]([C@@H](O)C[C@]12C)[C@@]1(C)CC=CCC1C[C@H]3Cl. The highest BCUT2D eigenvalue weighted by Crippen LogP contribution is 2.67. The number of alkyl halides is 1. The Bertz CT molecular complexity index is 502. The number of allylic oxidation sites excluding steroid dienone is 2. The zero-order chi connectivity index (χ0) is 16.4. The van der Waals surface area contributed by atoms with Gasteiger partial charge in [0.15, 0.2) is 0 Å². The first-order chi connectivity index (χ1) is 10.9. The zero-order valence-electron chi connectivity index (χ0n) is 15.0. The van der Waals surface area contributed by atoms with Crippen LogP contribution < -0.4 is 0 Å². The van der Waals surface area contributed by atoms with Crippen LogP contribution in [0.4, 0.5) is 0 Å². The van der Waals surface area contributed by atoms with E-state index >= 15 is 0 Å². The molecular weight excluding hydrogens is 304 g/mol. The molecule has 4 rings (SSSR count). The molecule has 0 aromatic rings. The highest BCUT2D eigenvalue weighted by atomic mass is 35.5. The van der Waals surface area contributed by atoms with E-state index in [9.17, 15) is 5.11 Å². The van der Waals surface area contributed by atoms with E-state index in [4.69, 9.17) is 11.6 Å². The van der Waals surface area contributed by atoms with E-state index in [1.165, 1.54) is 19.3 Å². The number of rotatable bonds is 1. The standard InChI is InChI=1S/C21H33ClO/c1-4-13-8-9-15-18-16(22)11-14-7-5-6-10-20(14,2)19(18)17(23)12-21(13,15)3/h5-6,13-19,23H,4,7-12H2,1-3H3/t13-,14?,15-,16+,17-,18+,19-,20-,21+/m0/s1. The fourth-order valence-corrected chi connectivity index (χ4v) is 8.19. The lowest BCUT2D eigenvalue weighted by Crippen LogP contribution is -2.61. The second-order valence-corrected chi connectivity index (χ2v) is 10.1. The van der Waals surface area contributed by atoms with Crippen molar-refractivity contribution in [3.63, 3.8) is 0 Å². The molecule has 4 aliphatic carbocycles. The summed E-state index contributed by atoms with van der Waals surface area (Å²) in [5.41, 5.74) is 0.575. The van der Waals surface area contributed by atoms with E-state index < -0.39 is 0 Å². The van der Waals surface area contributed by atoms with Crippen LogP contribution in [0.2, 0.25) is 0 Å². The molecule has 4 aliphatic rings. The van der Waals surface area contributed by atoms with Crippen molar-refractivity contribution in [2.45, 2.75) is 77.2 Å². The Morgan fingerprint density at radius 2 is 1.96 bits per heavy atom. The molecule has 0 bridgehead atoms. The molecule has 0 aliphatic heterocycles. The minimum atomic E-state index is -0.158. The van der Waals surface area contributed by atoms with E-state index in [0.717, 1.165) is 37.5 Å². The second-order valence-electron chi connectivity index (χ2n) is 9.54. The summed E-state index contributed by atoms with van der Waals surface area (Å²) in [6.45, 7) is 7.26. The number of aliphatic hydroxyl groups is 1. The summed E-state index contributed by atoms with van der Waals surface area (Å²) in [6, 6.07) is 0. The topological polar surface area (TPSA) is 20.2 Å². The van der Waals surface area contributed by atoms with Crippen LogP contribution in [0.3, 0.4) is 0 Å². The fourth-order valence-electron chi connectivity index (χ4n) is 7.64. The third-order valence-electron chi connectivity index (χ3n) is 8.81. The molecule has 0 heterocycles. The summed E-state index contributed by atoms with van der Waals surface area (Å²) >= 11 is 7.02. The van der Waals surface area contributed by atoms with Gasteiger partial charge in [0.1, 0.15) is 0 Å². The van der Waals surface area contributed by atoms with Crippen molar-refractivity contribution in [2.75, 3.05) is 0 Å². The molecule has 9 atom stereocenters. The smallest absolute Gasteiger partial charge is 0.0582 e. The molecule has 0 aromatic carbocycles. The fraction of sp³-hybridized carbons (Fsp3) is 0.905. The normalized spacial score (nSPS) is 58.4. The molecule has 1 unspecified atom stereocenters. The highest BCUT2D eigenvalue weighted by Gasteiger charge is 2.64. The van der Waals surface area contributed by atoms with Crippen LogP contribution in [0.15, 0.2) is 12.2 Å². The van der Waals surface area contributed by atoms with Gasteiger partial charge in [0.05, 0.1) is 6.10 Å². The lowest BCUT2D eigenvalue weighted by Gasteiger charge is -2.62. The van der Waals surface area contributed by atoms with E-state index in [2.05, 4.69) is 32.9 Å². The van der Waals surface area contributed by atoms with Crippen LogP contribution in [0.25, 0.3) is 0 Å². The van der Waals surface area contributed by atoms with E-state index in [-0.39, 0.29) is 16.9 Å². The summed E-state index contributed by atoms with van der Waals surface area (Å²) < 4.78 is 0. The molecular formula is C21H33ClO. The Hall–Kier alpha value is -0.0100. The Balaban J connectivity index is 1.74. The van der Waals surface area contributed by atoms with Gasteiger partial charge in [0.25, 0.3) is 0 Å². The van der Waals surface area contributed by atoms with E-state index in [0.29, 0.717) is 23.2 Å². The van der Waals surface area contributed by atoms with Gasteiger partial charge in [-0.05, 0) is 78.9 Å². The Kier molecular flexibility index (Phi) is 3.93. The maximum atomic E-state index is 11.3. The third kappa shape index (κ3) is 2.15. The van der Waals surface area contributed by atoms with Crippen LogP contribution in [-0.4, -0.2) is 16.6 Å². The van der Waals surface area contributed by atoms with Crippen LogP contribution >= 0.6 is 11.6 Å². The number of hydrogen-bond donors (Lipinski definition) is 1. The monoisotopic (exact) mass is 336 g/mol. The third-order valence-corrected chi connectivity index (χ3v) is 9.28. The van der Waals surface area contributed by atoms with Gasteiger partial charge >= 0.3 is 0 Å². The minimum absolute atomic E-state index is 0.158. The first-order valence-corrected chi connectivity index (χ1v) is 10.3. The zero-order valence-corrected chi connectivity index (χ0v) is 15.7. The number of halogens is 1. The minimum Gasteiger partial charge on any atom is -0.393 e. The van der Waals surface area contributed by atoms with Crippen LogP contribution in [0.5, 0.6) is 0 Å². The Morgan fingerprint density at radius 1 is 1.17 bits per heavy atom. The molecule has 0 saturated heterocycles. The average Bonchev–Trinajstić information content (AvgIpc) is 2.83. The number of aliphatic hydroxyl groups excluding tert-OH is 1. The average molecular weight is 337 g/mol. The maximum absolute atomic E-state index is 11.3. The Labute approximate surface area is 146 Å². The van der Waals surface area contributed by atoms with Crippen molar-refractivity contribution >= 4 is 11.6 Å². The van der Waals surface area contributed by atoms with Crippen molar-refractivity contribution in [2.24, 2.45) is 40.4 Å². The first-order valence-electron chi connectivity index (χ1n) is 9.89. The van der Waals surface area contributed by atoms with Crippen molar-refractivity contribution < 1.29 is 5.11 Å². The summed E-state index contributed by atoms with van der Waals surface area (Å²) in [5.74, 6) is 3.10. The van der Waals surface area contributed by atoms with Crippen LogP contribution in [-0.2, 0) is 0 Å². The van der Waals surface area contributed by atoms with Gasteiger partial charge < -0.3 is 5.11 Å². The molecule has 1 nitrogen and oxygen atoms in total. The van der Waals surface area contributed by atoms with Gasteiger partial charge in [-0.1, -0.05) is 39.3 Å². The first kappa shape index (κ1) is 16.5. The van der Waals surface area contributed by atoms with Gasteiger partial charge in [-0.2, -0.15) is 0 Å². The summed E-state index contributed by atoms with van der Waals surface area (Å²) in [4.78, 5) is 0. The largest absolute Gasteiger partial charge is 0.393 e. The second kappa shape index (κ2) is 5.49. The van der Waals surface area contributed by atoms with Gasteiger partial charge in [-0.15, -0.1) is 11.6 Å². The molecule has 2 heteroatoms. The quantitative estimate of drug-likeness (QED) is 0.501. The molecule has 130 valence electrons. The van der Waals surface area contributed by atoms with E-state index in [1.54, 1.807) is 0 Å². The lowest BCUT2D eigenvalue weighted by molar-refractivity contribution is -0.157. The van der Waals surface area contributed by atoms with Crippen LogP contribution in [0, 0.1) is 40.4 Å². The molecule has 0 radical (unpaired) electrons. The highest BCUT2D eigenvalue weighted by molar-refractivity contribution is 6.20. The molecule has 0 spiro atoms. The number of hydrogen-bond acceptors (Lipinski definition) is 1. The molecule has 23 heavy (non-hydrogen) atoms. The predicted molar refractivity (Wildman–Crippen MR) is 96.4 cm³/mol. The molecule has 1 N–H and O–H groups in total. The summed E-state index contributed by atoms with van der Waals surface area (Å²) in [7, 11) is 0. The van der Waals surface area contributed by atoms with Crippen molar-refractivity contribution in [1.29, 1.82) is 0 Å². The van der Waals surface area contributed by atoms with E-state index in [1.807, 2.05) is 0 Å². The maximum Gasteiger partial charge on any atom is 0.0582 e. The molecule has 3 fully saturated rings. The van der Waals surface area contributed by atoms with Gasteiger partial charge in [-0.25, -0.2) is 0 Å². The van der Waals surface area contributed by atoms with Gasteiger partial charge in [0, 0.05) is 5.38 Å². The summed E-state index contributed by atoms with van der Waals surface area (Å²) in [5, 5.41) is 11.5. The molecule has 0 aromatic heterocycles. The number of fused-ring (bicyclic) bond motifs is 5.